The summed E-state index contributed by atoms with van der Waals surface area (Å²) in [6.45, 7) is 9.50. The lowest BCUT2D eigenvalue weighted by Crippen LogP contribution is -2.30. The maximum absolute atomic E-state index is 13.0. The molecule has 0 aromatic carbocycles. The Morgan fingerprint density at radius 3 is 0.884 bits per heavy atom. The molecule has 0 rings (SSSR count). The van der Waals surface area contributed by atoms with Gasteiger partial charge in [0.05, 0.1) is 26.4 Å². The van der Waals surface area contributed by atoms with Crippen molar-refractivity contribution in [3.8, 4) is 0 Å². The Hall–Kier alpha value is -1.94. The summed E-state index contributed by atoms with van der Waals surface area (Å²) in [5, 5.41) is 10.5. The predicted molar refractivity (Wildman–Crippen MR) is 345 cm³/mol. The molecule has 0 bridgehead atoms. The van der Waals surface area contributed by atoms with Crippen LogP contribution >= 0.6 is 15.6 Å². The molecule has 0 aliphatic heterocycles. The average molecular weight is 1270 g/mol. The third-order valence-electron chi connectivity index (χ3n) is 15.8. The number of hydrogen-bond acceptors (Lipinski definition) is 15. The molecular weight excluding hydrogens is 1140 g/mol. The van der Waals surface area contributed by atoms with Crippen LogP contribution in [-0.2, 0) is 65.4 Å². The van der Waals surface area contributed by atoms with Crippen LogP contribution in [0.4, 0.5) is 0 Å². The molecule has 0 fully saturated rings. The summed E-state index contributed by atoms with van der Waals surface area (Å²) < 4.78 is 67.9. The van der Waals surface area contributed by atoms with E-state index in [1.165, 1.54) is 128 Å². The van der Waals surface area contributed by atoms with Crippen molar-refractivity contribution in [2.75, 3.05) is 39.6 Å². The van der Waals surface area contributed by atoms with E-state index < -0.39 is 97.5 Å². The van der Waals surface area contributed by atoms with E-state index >= 15 is 0 Å². The van der Waals surface area contributed by atoms with Crippen LogP contribution in [-0.4, -0.2) is 96.7 Å². The monoisotopic (exact) mass is 1270 g/mol. The molecule has 0 aromatic rings. The van der Waals surface area contributed by atoms with Crippen LogP contribution in [0.5, 0.6) is 0 Å². The fourth-order valence-electron chi connectivity index (χ4n) is 10.0. The van der Waals surface area contributed by atoms with Gasteiger partial charge in [0.25, 0.3) is 0 Å². The number of esters is 4. The molecule has 0 aliphatic rings. The molecule has 0 saturated carbocycles. The number of unbranched alkanes of at least 4 members (excludes halogenated alkanes) is 35. The van der Waals surface area contributed by atoms with Gasteiger partial charge in [0.15, 0.2) is 12.2 Å². The lowest BCUT2D eigenvalue weighted by Gasteiger charge is -2.21. The number of phosphoric ester groups is 2. The maximum Gasteiger partial charge on any atom is 0.472 e. The Balaban J connectivity index is 5.16. The standard InChI is InChI=1S/C67H130O17P2/c1-7-10-12-14-29-37-43-49-64(69)77-55-62(83-66(71)51-45-39-30-15-13-11-8-2)57-81-85(73,74)79-53-61(68)54-80-86(75,76)82-58-63(56-78-65(70)50-44-38-33-27-24-20-21-25-31-35-41-47-59(4)5)84-67(72)52-46-40-34-28-23-19-17-16-18-22-26-32-36-42-48-60(6)9-3/h59-63,68H,7-58H2,1-6H3,(H,73,74)(H,75,76)/t60?,61-,62+,63+/m0/s1. The minimum Gasteiger partial charge on any atom is -0.462 e. The number of phosphoric acid groups is 2. The molecule has 6 atom stereocenters. The van der Waals surface area contributed by atoms with E-state index in [1.54, 1.807) is 0 Å². The Morgan fingerprint density at radius 2 is 0.593 bits per heavy atom. The van der Waals surface area contributed by atoms with Gasteiger partial charge in [-0.05, 0) is 37.5 Å². The summed E-state index contributed by atoms with van der Waals surface area (Å²) in [5.74, 6) is -0.521. The molecule has 3 unspecified atom stereocenters. The van der Waals surface area contributed by atoms with E-state index in [1.807, 2.05) is 0 Å². The van der Waals surface area contributed by atoms with Gasteiger partial charge in [-0.15, -0.1) is 0 Å². The Morgan fingerprint density at radius 1 is 0.337 bits per heavy atom. The molecule has 0 aromatic heterocycles. The van der Waals surface area contributed by atoms with E-state index in [2.05, 4.69) is 41.5 Å². The average Bonchev–Trinajstić information content (AvgIpc) is 3.69. The largest absolute Gasteiger partial charge is 0.472 e. The van der Waals surface area contributed by atoms with Crippen LogP contribution < -0.4 is 0 Å². The molecule has 0 heterocycles. The first-order valence-corrected chi connectivity index (χ1v) is 38.0. The first kappa shape index (κ1) is 84.1. The lowest BCUT2D eigenvalue weighted by molar-refractivity contribution is -0.161. The van der Waals surface area contributed by atoms with Crippen LogP contribution in [0.15, 0.2) is 0 Å². The number of aliphatic hydroxyl groups is 1. The molecule has 0 aliphatic carbocycles. The van der Waals surface area contributed by atoms with Crippen molar-refractivity contribution in [1.82, 2.24) is 0 Å². The first-order valence-electron chi connectivity index (χ1n) is 35.0. The molecule has 19 heteroatoms. The zero-order chi connectivity index (χ0) is 63.6. The van der Waals surface area contributed by atoms with Crippen molar-refractivity contribution in [1.29, 1.82) is 0 Å². The van der Waals surface area contributed by atoms with Crippen molar-refractivity contribution in [2.45, 2.75) is 355 Å². The van der Waals surface area contributed by atoms with Gasteiger partial charge in [0, 0.05) is 25.7 Å². The minimum atomic E-state index is -4.95. The second kappa shape index (κ2) is 59.4. The molecule has 17 nitrogen and oxygen atoms in total. The Bertz CT molecular complexity index is 1690. The molecule has 0 radical (unpaired) electrons. The SMILES string of the molecule is CCCCCCCCCC(=O)OC[C@H](COP(=O)(O)OC[C@H](O)COP(=O)(O)OC[C@@H](COC(=O)CCCCCCCCCCCCCC(C)C)OC(=O)CCCCCCCCCCCCCCCCC(C)CC)OC(=O)CCCCCCCCC. The van der Waals surface area contributed by atoms with E-state index in [4.69, 9.17) is 37.0 Å². The van der Waals surface area contributed by atoms with Gasteiger partial charge >= 0.3 is 39.5 Å². The van der Waals surface area contributed by atoms with Gasteiger partial charge < -0.3 is 33.8 Å². The molecular formula is C67H130O17P2. The van der Waals surface area contributed by atoms with Gasteiger partial charge in [-0.3, -0.25) is 37.3 Å². The topological polar surface area (TPSA) is 237 Å². The van der Waals surface area contributed by atoms with E-state index in [0.29, 0.717) is 25.7 Å². The summed E-state index contributed by atoms with van der Waals surface area (Å²) in [7, 11) is -9.88. The first-order chi connectivity index (χ1) is 41.4. The molecule has 86 heavy (non-hydrogen) atoms. The van der Waals surface area contributed by atoms with Crippen LogP contribution in [0.3, 0.4) is 0 Å². The number of carbonyl (C=O) groups excluding carboxylic acids is 4. The van der Waals surface area contributed by atoms with Gasteiger partial charge in [-0.1, -0.05) is 286 Å². The third kappa shape index (κ3) is 59.7. The number of carbonyl (C=O) groups is 4. The molecule has 0 spiro atoms. The third-order valence-corrected chi connectivity index (χ3v) is 17.7. The molecule has 3 N–H and O–H groups in total. The molecule has 0 amide bonds. The summed E-state index contributed by atoms with van der Waals surface area (Å²) in [5.41, 5.74) is 0. The second-order valence-corrected chi connectivity index (χ2v) is 27.8. The number of rotatable bonds is 66. The van der Waals surface area contributed by atoms with Crippen molar-refractivity contribution in [2.24, 2.45) is 11.8 Å². The quantitative estimate of drug-likeness (QED) is 0.0222. The van der Waals surface area contributed by atoms with Crippen molar-refractivity contribution < 1.29 is 80.2 Å². The fraction of sp³-hybridized carbons (Fsp3) is 0.940. The van der Waals surface area contributed by atoms with Gasteiger partial charge in [0.1, 0.15) is 19.3 Å². The van der Waals surface area contributed by atoms with Crippen LogP contribution in [0.1, 0.15) is 337 Å². The smallest absolute Gasteiger partial charge is 0.462 e. The Kier molecular flexibility index (Phi) is 58.0. The molecule has 0 saturated heterocycles. The van der Waals surface area contributed by atoms with Crippen LogP contribution in [0, 0.1) is 11.8 Å². The highest BCUT2D eigenvalue weighted by molar-refractivity contribution is 7.47. The zero-order valence-electron chi connectivity index (χ0n) is 55.6. The highest BCUT2D eigenvalue weighted by Gasteiger charge is 2.30. The maximum atomic E-state index is 13.0. The van der Waals surface area contributed by atoms with Gasteiger partial charge in [0.2, 0.25) is 0 Å². The summed E-state index contributed by atoms with van der Waals surface area (Å²) in [6, 6.07) is 0. The van der Waals surface area contributed by atoms with E-state index in [9.17, 15) is 43.2 Å². The minimum absolute atomic E-state index is 0.103. The zero-order valence-corrected chi connectivity index (χ0v) is 57.4. The number of aliphatic hydroxyl groups excluding tert-OH is 1. The van der Waals surface area contributed by atoms with E-state index in [0.717, 1.165) is 127 Å². The lowest BCUT2D eigenvalue weighted by atomic mass is 9.99. The van der Waals surface area contributed by atoms with Crippen molar-refractivity contribution in [3.63, 3.8) is 0 Å². The highest BCUT2D eigenvalue weighted by atomic mass is 31.2. The van der Waals surface area contributed by atoms with Gasteiger partial charge in [-0.2, -0.15) is 0 Å². The highest BCUT2D eigenvalue weighted by Crippen LogP contribution is 2.45. The van der Waals surface area contributed by atoms with Crippen LogP contribution in [0.2, 0.25) is 0 Å². The summed E-state index contributed by atoms with van der Waals surface area (Å²) in [4.78, 5) is 72.1. The van der Waals surface area contributed by atoms with Crippen molar-refractivity contribution >= 4 is 39.5 Å². The fourth-order valence-corrected chi connectivity index (χ4v) is 11.6. The van der Waals surface area contributed by atoms with Gasteiger partial charge in [-0.25, -0.2) is 9.13 Å². The Labute approximate surface area is 524 Å². The number of hydrogen-bond donors (Lipinski definition) is 3. The summed E-state index contributed by atoms with van der Waals surface area (Å²) in [6.07, 6.45) is 43.3. The normalized spacial score (nSPS) is 14.5. The summed E-state index contributed by atoms with van der Waals surface area (Å²) >= 11 is 0. The van der Waals surface area contributed by atoms with E-state index in [-0.39, 0.29) is 25.7 Å². The van der Waals surface area contributed by atoms with Crippen molar-refractivity contribution in [3.05, 3.63) is 0 Å². The second-order valence-electron chi connectivity index (χ2n) is 24.9. The number of ether oxygens (including phenoxy) is 4. The predicted octanol–water partition coefficient (Wildman–Crippen LogP) is 18.8. The van der Waals surface area contributed by atoms with Crippen LogP contribution in [0.25, 0.3) is 0 Å². The molecule has 510 valence electrons.